The van der Waals surface area contributed by atoms with Crippen LogP contribution in [0.2, 0.25) is 0 Å². The maximum atomic E-state index is 12.3. The minimum Gasteiger partial charge on any atom is -0.393 e. The zero-order valence-corrected chi connectivity index (χ0v) is 16.9. The van der Waals surface area contributed by atoms with Gasteiger partial charge >= 0.3 is 0 Å². The summed E-state index contributed by atoms with van der Waals surface area (Å²) >= 11 is 0. The molecule has 7 heteroatoms. The number of carbonyl (C=O) groups is 2. The monoisotopic (exact) mass is 396 g/mol. The number of piperidine rings is 1. The van der Waals surface area contributed by atoms with E-state index in [0.717, 1.165) is 37.3 Å². The second-order valence-corrected chi connectivity index (χ2v) is 7.41. The van der Waals surface area contributed by atoms with E-state index in [4.69, 9.17) is 0 Å². The highest BCUT2D eigenvalue weighted by atomic mass is 16.3. The zero-order valence-electron chi connectivity index (χ0n) is 16.9. The number of nitrogens with one attached hydrogen (secondary N) is 2. The lowest BCUT2D eigenvalue weighted by Gasteiger charge is -2.32. The molecule has 1 heterocycles. The minimum absolute atomic E-state index is 0.0774. The maximum Gasteiger partial charge on any atom is 0.253 e. The third-order valence-corrected chi connectivity index (χ3v) is 4.97. The van der Waals surface area contributed by atoms with Crippen LogP contribution in [-0.2, 0) is 4.79 Å². The van der Waals surface area contributed by atoms with E-state index >= 15 is 0 Å². The molecule has 154 valence electrons. The van der Waals surface area contributed by atoms with Crippen LogP contribution in [0.15, 0.2) is 48.5 Å². The third-order valence-electron chi connectivity index (χ3n) is 4.97. The van der Waals surface area contributed by atoms with Gasteiger partial charge in [-0.15, -0.1) is 0 Å². The van der Waals surface area contributed by atoms with Crippen molar-refractivity contribution in [1.82, 2.24) is 4.90 Å². The zero-order chi connectivity index (χ0) is 20.8. The molecular formula is C22H28N4O3. The van der Waals surface area contributed by atoms with E-state index in [2.05, 4.69) is 15.5 Å². The van der Waals surface area contributed by atoms with Gasteiger partial charge in [0.1, 0.15) is 0 Å². The molecule has 0 radical (unpaired) electrons. The molecular weight excluding hydrogens is 368 g/mol. The molecule has 3 rings (SSSR count). The van der Waals surface area contributed by atoms with Crippen molar-refractivity contribution < 1.29 is 14.7 Å². The molecule has 3 N–H and O–H groups in total. The first-order valence-corrected chi connectivity index (χ1v) is 9.81. The Labute approximate surface area is 171 Å². The number of hydrogen-bond donors (Lipinski definition) is 3. The molecule has 29 heavy (non-hydrogen) atoms. The lowest BCUT2D eigenvalue weighted by atomic mass is 10.1. The summed E-state index contributed by atoms with van der Waals surface area (Å²) in [6, 6.07) is 14.7. The smallest absolute Gasteiger partial charge is 0.253 e. The van der Waals surface area contributed by atoms with Crippen LogP contribution in [0.1, 0.15) is 23.2 Å². The largest absolute Gasteiger partial charge is 0.393 e. The standard InChI is InChI=1S/C22H28N4O3/c1-25(2)22(29)16-7-9-17(10-8-16)24-21(28)15-23-19-5-3-4-6-20(19)26-13-11-18(27)12-14-26/h3-10,18,23,27H,11-15H2,1-2H3,(H,24,28). The van der Waals surface area contributed by atoms with Gasteiger partial charge in [0, 0.05) is 38.4 Å². The molecule has 0 spiro atoms. The summed E-state index contributed by atoms with van der Waals surface area (Å²) in [5, 5.41) is 15.8. The first-order chi connectivity index (χ1) is 13.9. The Balaban J connectivity index is 1.57. The van der Waals surface area contributed by atoms with Gasteiger partial charge in [0.05, 0.1) is 24.0 Å². The van der Waals surface area contributed by atoms with Gasteiger partial charge in [-0.1, -0.05) is 12.1 Å². The Bertz CT molecular complexity index is 843. The molecule has 0 aromatic heterocycles. The lowest BCUT2D eigenvalue weighted by molar-refractivity contribution is -0.114. The minimum atomic E-state index is -0.225. The fourth-order valence-electron chi connectivity index (χ4n) is 3.34. The van der Waals surface area contributed by atoms with E-state index < -0.39 is 0 Å². The predicted octanol–water partition coefficient (Wildman–Crippen LogP) is 2.40. The van der Waals surface area contributed by atoms with E-state index in [0.29, 0.717) is 11.3 Å². The topological polar surface area (TPSA) is 84.9 Å². The SMILES string of the molecule is CN(C)C(=O)c1ccc(NC(=O)CNc2ccccc2N2CCC(O)CC2)cc1. The second-order valence-electron chi connectivity index (χ2n) is 7.41. The number of amides is 2. The summed E-state index contributed by atoms with van der Waals surface area (Å²) in [7, 11) is 3.40. The van der Waals surface area contributed by atoms with E-state index in [1.165, 1.54) is 4.90 Å². The average Bonchev–Trinajstić information content (AvgIpc) is 2.73. The number of anilines is 3. The number of hydrogen-bond acceptors (Lipinski definition) is 5. The van der Waals surface area contributed by atoms with Gasteiger partial charge in [0.2, 0.25) is 5.91 Å². The maximum absolute atomic E-state index is 12.3. The Kier molecular flexibility index (Phi) is 6.72. The first kappa shape index (κ1) is 20.7. The van der Waals surface area contributed by atoms with Gasteiger partial charge in [0.15, 0.2) is 0 Å². The van der Waals surface area contributed by atoms with Crippen LogP contribution in [0.25, 0.3) is 0 Å². The van der Waals surface area contributed by atoms with Crippen LogP contribution in [-0.4, -0.2) is 61.7 Å². The molecule has 1 aliphatic heterocycles. The molecule has 0 atom stereocenters. The van der Waals surface area contributed by atoms with Crippen LogP contribution >= 0.6 is 0 Å². The summed E-state index contributed by atoms with van der Waals surface area (Å²) < 4.78 is 0. The van der Waals surface area contributed by atoms with Crippen LogP contribution < -0.4 is 15.5 Å². The van der Waals surface area contributed by atoms with Gasteiger partial charge in [-0.25, -0.2) is 0 Å². The number of aliphatic hydroxyl groups is 1. The van der Waals surface area contributed by atoms with Gasteiger partial charge < -0.3 is 25.5 Å². The van der Waals surface area contributed by atoms with E-state index in [1.807, 2.05) is 24.3 Å². The first-order valence-electron chi connectivity index (χ1n) is 9.81. The predicted molar refractivity (Wildman–Crippen MR) is 115 cm³/mol. The third kappa shape index (κ3) is 5.48. The van der Waals surface area contributed by atoms with Crippen molar-refractivity contribution in [3.05, 3.63) is 54.1 Å². The summed E-state index contributed by atoms with van der Waals surface area (Å²) in [6.45, 7) is 1.72. The number of para-hydroxylation sites is 2. The summed E-state index contributed by atoms with van der Waals surface area (Å²) in [5.41, 5.74) is 3.15. The molecule has 2 aromatic rings. The molecule has 0 aliphatic carbocycles. The van der Waals surface area contributed by atoms with Crippen molar-refractivity contribution in [3.63, 3.8) is 0 Å². The van der Waals surface area contributed by atoms with Crippen molar-refractivity contribution in [1.29, 1.82) is 0 Å². The second kappa shape index (κ2) is 9.43. The van der Waals surface area contributed by atoms with Crippen LogP contribution in [0, 0.1) is 0 Å². The Morgan fingerprint density at radius 2 is 1.72 bits per heavy atom. The van der Waals surface area contributed by atoms with Crippen molar-refractivity contribution in [2.45, 2.75) is 18.9 Å². The van der Waals surface area contributed by atoms with Gasteiger partial charge in [-0.3, -0.25) is 9.59 Å². The molecule has 7 nitrogen and oxygen atoms in total. The van der Waals surface area contributed by atoms with Gasteiger partial charge in [0.25, 0.3) is 5.91 Å². The van der Waals surface area contributed by atoms with Crippen LogP contribution in [0.4, 0.5) is 17.1 Å². The fraction of sp³-hybridized carbons (Fsp3) is 0.364. The van der Waals surface area contributed by atoms with Crippen LogP contribution in [0.5, 0.6) is 0 Å². The molecule has 1 saturated heterocycles. The number of carbonyl (C=O) groups excluding carboxylic acids is 2. The molecule has 2 aromatic carbocycles. The van der Waals surface area contributed by atoms with Crippen molar-refractivity contribution >= 4 is 28.9 Å². The summed E-state index contributed by atoms with van der Waals surface area (Å²) in [6.07, 6.45) is 1.28. The van der Waals surface area contributed by atoms with E-state index in [-0.39, 0.29) is 24.5 Å². The van der Waals surface area contributed by atoms with Crippen LogP contribution in [0.3, 0.4) is 0 Å². The molecule has 0 saturated carbocycles. The van der Waals surface area contributed by atoms with Gasteiger partial charge in [-0.05, 0) is 49.2 Å². The molecule has 1 fully saturated rings. The average molecular weight is 396 g/mol. The highest BCUT2D eigenvalue weighted by molar-refractivity contribution is 5.96. The normalized spacial score (nSPS) is 14.4. The summed E-state index contributed by atoms with van der Waals surface area (Å²) in [5.74, 6) is -0.244. The summed E-state index contributed by atoms with van der Waals surface area (Å²) in [4.78, 5) is 28.0. The number of nitrogens with zero attached hydrogens (tertiary/aromatic N) is 2. The van der Waals surface area contributed by atoms with Crippen molar-refractivity contribution in [3.8, 4) is 0 Å². The Morgan fingerprint density at radius 3 is 2.38 bits per heavy atom. The number of aliphatic hydroxyl groups excluding tert-OH is 1. The van der Waals surface area contributed by atoms with Crippen molar-refractivity contribution in [2.75, 3.05) is 49.3 Å². The highest BCUT2D eigenvalue weighted by Crippen LogP contribution is 2.28. The Hall–Kier alpha value is -3.06. The molecule has 1 aliphatic rings. The molecule has 0 bridgehead atoms. The van der Waals surface area contributed by atoms with Crippen molar-refractivity contribution in [2.24, 2.45) is 0 Å². The lowest BCUT2D eigenvalue weighted by Crippen LogP contribution is -2.36. The quantitative estimate of drug-likeness (QED) is 0.698. The number of rotatable bonds is 6. The van der Waals surface area contributed by atoms with E-state index in [1.54, 1.807) is 38.4 Å². The van der Waals surface area contributed by atoms with Gasteiger partial charge in [-0.2, -0.15) is 0 Å². The van der Waals surface area contributed by atoms with E-state index in [9.17, 15) is 14.7 Å². The number of benzene rings is 2. The molecule has 0 unspecified atom stereocenters. The Morgan fingerprint density at radius 1 is 1.07 bits per heavy atom. The highest BCUT2D eigenvalue weighted by Gasteiger charge is 2.19. The molecule has 2 amide bonds. The fourth-order valence-corrected chi connectivity index (χ4v) is 3.34.